The van der Waals surface area contributed by atoms with Crippen LogP contribution in [0.2, 0.25) is 0 Å². The van der Waals surface area contributed by atoms with Gasteiger partial charge in [0.25, 0.3) is 0 Å². The molecule has 1 fully saturated rings. The Kier molecular flexibility index (Phi) is 3.75. The van der Waals surface area contributed by atoms with Gasteiger partial charge >= 0.3 is 0 Å². The molecular formula is C18H24N2. The van der Waals surface area contributed by atoms with Crippen LogP contribution in [0.1, 0.15) is 38.7 Å². The fraction of sp³-hybridized carbons (Fsp3) is 0.500. The molecule has 1 aliphatic carbocycles. The van der Waals surface area contributed by atoms with Crippen LogP contribution in [0, 0.1) is 5.41 Å². The summed E-state index contributed by atoms with van der Waals surface area (Å²) in [5.41, 5.74) is 3.04. The normalized spacial score (nSPS) is 18.1. The maximum atomic E-state index is 4.47. The van der Waals surface area contributed by atoms with Gasteiger partial charge in [0.05, 0.1) is 5.52 Å². The summed E-state index contributed by atoms with van der Waals surface area (Å²) in [6, 6.07) is 11.3. The Morgan fingerprint density at radius 1 is 1.25 bits per heavy atom. The molecule has 0 amide bonds. The molecule has 0 radical (unpaired) electrons. The highest BCUT2D eigenvalue weighted by Gasteiger charge is 2.44. The SMILES string of the molecule is CCCNC(Cc1ccnc2ccccc12)C1(C)CC1. The van der Waals surface area contributed by atoms with Crippen molar-refractivity contribution in [3.8, 4) is 0 Å². The summed E-state index contributed by atoms with van der Waals surface area (Å²) in [5.74, 6) is 0. The predicted octanol–water partition coefficient (Wildman–Crippen LogP) is 3.95. The largest absolute Gasteiger partial charge is 0.313 e. The van der Waals surface area contributed by atoms with Crippen LogP contribution in [-0.4, -0.2) is 17.6 Å². The molecule has 3 rings (SSSR count). The molecule has 1 heterocycles. The van der Waals surface area contributed by atoms with E-state index in [2.05, 4.69) is 54.5 Å². The van der Waals surface area contributed by atoms with E-state index >= 15 is 0 Å². The molecule has 2 nitrogen and oxygen atoms in total. The number of fused-ring (bicyclic) bond motifs is 1. The maximum Gasteiger partial charge on any atom is 0.0704 e. The molecule has 1 atom stereocenters. The number of hydrogen-bond acceptors (Lipinski definition) is 2. The first-order chi connectivity index (χ1) is 9.73. The number of rotatable bonds is 6. The van der Waals surface area contributed by atoms with Crippen molar-refractivity contribution in [2.24, 2.45) is 5.41 Å². The van der Waals surface area contributed by atoms with E-state index in [1.54, 1.807) is 0 Å². The number of benzene rings is 1. The Morgan fingerprint density at radius 3 is 2.80 bits per heavy atom. The van der Waals surface area contributed by atoms with Gasteiger partial charge in [0, 0.05) is 17.6 Å². The molecule has 1 unspecified atom stereocenters. The summed E-state index contributed by atoms with van der Waals surface area (Å²) < 4.78 is 0. The van der Waals surface area contributed by atoms with E-state index in [0.717, 1.165) is 18.5 Å². The first-order valence-electron chi connectivity index (χ1n) is 7.79. The van der Waals surface area contributed by atoms with Gasteiger partial charge in [-0.05, 0) is 55.3 Å². The quantitative estimate of drug-likeness (QED) is 0.858. The highest BCUT2D eigenvalue weighted by molar-refractivity contribution is 5.81. The van der Waals surface area contributed by atoms with Crippen LogP contribution in [0.5, 0.6) is 0 Å². The Hall–Kier alpha value is -1.41. The highest BCUT2D eigenvalue weighted by atomic mass is 14.9. The van der Waals surface area contributed by atoms with Gasteiger partial charge in [-0.2, -0.15) is 0 Å². The van der Waals surface area contributed by atoms with Crippen molar-refractivity contribution in [2.45, 2.75) is 45.6 Å². The zero-order chi connectivity index (χ0) is 14.0. The van der Waals surface area contributed by atoms with E-state index in [4.69, 9.17) is 0 Å². The van der Waals surface area contributed by atoms with Gasteiger partial charge in [0.1, 0.15) is 0 Å². The van der Waals surface area contributed by atoms with Crippen LogP contribution in [0.25, 0.3) is 10.9 Å². The smallest absolute Gasteiger partial charge is 0.0704 e. The second-order valence-corrected chi connectivity index (χ2v) is 6.35. The number of aromatic nitrogens is 1. The molecule has 0 saturated heterocycles. The second-order valence-electron chi connectivity index (χ2n) is 6.35. The highest BCUT2D eigenvalue weighted by Crippen LogP contribution is 2.49. The van der Waals surface area contributed by atoms with Crippen LogP contribution in [0.4, 0.5) is 0 Å². The molecule has 0 spiro atoms. The number of para-hydroxylation sites is 1. The summed E-state index contributed by atoms with van der Waals surface area (Å²) in [5, 5.41) is 5.07. The molecule has 1 aliphatic rings. The first-order valence-corrected chi connectivity index (χ1v) is 7.79. The summed E-state index contributed by atoms with van der Waals surface area (Å²) in [7, 11) is 0. The average molecular weight is 268 g/mol. The van der Waals surface area contributed by atoms with Crippen molar-refractivity contribution in [1.82, 2.24) is 10.3 Å². The Bertz CT molecular complexity index is 581. The molecule has 1 aromatic heterocycles. The van der Waals surface area contributed by atoms with Gasteiger partial charge < -0.3 is 5.32 Å². The van der Waals surface area contributed by atoms with Crippen LogP contribution in [-0.2, 0) is 6.42 Å². The van der Waals surface area contributed by atoms with Gasteiger partial charge in [-0.25, -0.2) is 0 Å². The third kappa shape index (κ3) is 2.71. The molecular weight excluding hydrogens is 244 g/mol. The van der Waals surface area contributed by atoms with Crippen molar-refractivity contribution in [3.05, 3.63) is 42.1 Å². The number of hydrogen-bond donors (Lipinski definition) is 1. The van der Waals surface area contributed by atoms with Gasteiger partial charge in [-0.15, -0.1) is 0 Å². The number of nitrogens with zero attached hydrogens (tertiary/aromatic N) is 1. The first kappa shape index (κ1) is 13.6. The molecule has 106 valence electrons. The van der Waals surface area contributed by atoms with Gasteiger partial charge in [0.2, 0.25) is 0 Å². The summed E-state index contributed by atoms with van der Waals surface area (Å²) in [6.07, 6.45) is 6.97. The lowest BCUT2D eigenvalue weighted by atomic mass is 9.91. The molecule has 1 N–H and O–H groups in total. The van der Waals surface area contributed by atoms with E-state index in [1.807, 2.05) is 6.20 Å². The monoisotopic (exact) mass is 268 g/mol. The third-order valence-electron chi connectivity index (χ3n) is 4.68. The minimum Gasteiger partial charge on any atom is -0.313 e. The van der Waals surface area contributed by atoms with Crippen molar-refractivity contribution < 1.29 is 0 Å². The fourth-order valence-corrected chi connectivity index (χ4v) is 2.98. The molecule has 0 aliphatic heterocycles. The minimum atomic E-state index is 0.500. The molecule has 1 aromatic carbocycles. The summed E-state index contributed by atoms with van der Waals surface area (Å²) in [6.45, 7) is 5.77. The van der Waals surface area contributed by atoms with Crippen LogP contribution >= 0.6 is 0 Å². The van der Waals surface area contributed by atoms with Crippen molar-refractivity contribution in [1.29, 1.82) is 0 Å². The predicted molar refractivity (Wildman–Crippen MR) is 84.9 cm³/mol. The van der Waals surface area contributed by atoms with Gasteiger partial charge in [0.15, 0.2) is 0 Å². The van der Waals surface area contributed by atoms with E-state index in [9.17, 15) is 0 Å². The third-order valence-corrected chi connectivity index (χ3v) is 4.68. The van der Waals surface area contributed by atoms with E-state index in [0.29, 0.717) is 11.5 Å². The lowest BCUT2D eigenvalue weighted by Crippen LogP contribution is -2.38. The van der Waals surface area contributed by atoms with E-state index in [1.165, 1.54) is 30.2 Å². The summed E-state index contributed by atoms with van der Waals surface area (Å²) >= 11 is 0. The van der Waals surface area contributed by atoms with E-state index < -0.39 is 0 Å². The molecule has 20 heavy (non-hydrogen) atoms. The standard InChI is InChI=1S/C18H24N2/c1-3-11-20-17(18(2)9-10-18)13-14-8-12-19-16-7-5-4-6-15(14)16/h4-8,12,17,20H,3,9-11,13H2,1-2H3. The lowest BCUT2D eigenvalue weighted by Gasteiger charge is -2.25. The van der Waals surface area contributed by atoms with E-state index in [-0.39, 0.29) is 0 Å². The Morgan fingerprint density at radius 2 is 2.05 bits per heavy atom. The van der Waals surface area contributed by atoms with Crippen molar-refractivity contribution in [3.63, 3.8) is 0 Å². The molecule has 2 heteroatoms. The topological polar surface area (TPSA) is 24.9 Å². The van der Waals surface area contributed by atoms with Gasteiger partial charge in [-0.3, -0.25) is 4.98 Å². The minimum absolute atomic E-state index is 0.500. The summed E-state index contributed by atoms with van der Waals surface area (Å²) in [4.78, 5) is 4.47. The Balaban J connectivity index is 1.86. The van der Waals surface area contributed by atoms with Crippen molar-refractivity contribution >= 4 is 10.9 Å². The molecule has 1 saturated carbocycles. The maximum absolute atomic E-state index is 4.47. The number of nitrogens with one attached hydrogen (secondary N) is 1. The Labute approximate surface area is 121 Å². The van der Waals surface area contributed by atoms with Gasteiger partial charge in [-0.1, -0.05) is 32.0 Å². The number of pyridine rings is 1. The zero-order valence-corrected chi connectivity index (χ0v) is 12.5. The zero-order valence-electron chi connectivity index (χ0n) is 12.5. The second kappa shape index (κ2) is 5.53. The molecule has 2 aromatic rings. The van der Waals surface area contributed by atoms with Crippen LogP contribution in [0.3, 0.4) is 0 Å². The van der Waals surface area contributed by atoms with Crippen LogP contribution in [0.15, 0.2) is 36.5 Å². The van der Waals surface area contributed by atoms with Crippen LogP contribution < -0.4 is 5.32 Å². The lowest BCUT2D eigenvalue weighted by molar-refractivity contribution is 0.355. The van der Waals surface area contributed by atoms with Crippen molar-refractivity contribution in [2.75, 3.05) is 6.54 Å². The fourth-order valence-electron chi connectivity index (χ4n) is 2.98. The average Bonchev–Trinajstić information content (AvgIpc) is 3.22. The molecule has 0 bridgehead atoms.